The minimum Gasteiger partial charge on any atom is -0.360 e. The number of carbonyl (C=O) groups excluding carboxylic acids is 1. The Kier molecular flexibility index (Phi) is 4.07. The molecule has 0 saturated carbocycles. The van der Waals surface area contributed by atoms with Crippen LogP contribution in [0.4, 0.5) is 4.39 Å². The normalized spacial score (nSPS) is 23.4. The van der Waals surface area contributed by atoms with Crippen LogP contribution >= 0.6 is 0 Å². The first kappa shape index (κ1) is 16.3. The van der Waals surface area contributed by atoms with E-state index in [0.717, 1.165) is 37.3 Å². The lowest BCUT2D eigenvalue weighted by Crippen LogP contribution is -2.51. The Bertz CT molecular complexity index is 796. The van der Waals surface area contributed by atoms with Crippen LogP contribution in [0.15, 0.2) is 28.8 Å². The van der Waals surface area contributed by atoms with Crippen molar-refractivity contribution in [1.29, 1.82) is 0 Å². The van der Waals surface area contributed by atoms with Crippen molar-refractivity contribution in [2.75, 3.05) is 19.6 Å². The van der Waals surface area contributed by atoms with Gasteiger partial charge in [-0.05, 0) is 38.4 Å². The van der Waals surface area contributed by atoms with Gasteiger partial charge in [0.25, 0.3) is 0 Å². The Morgan fingerprint density at radius 1 is 1.44 bits per heavy atom. The molecular weight excluding hydrogens is 321 g/mol. The van der Waals surface area contributed by atoms with E-state index in [9.17, 15) is 9.18 Å². The van der Waals surface area contributed by atoms with E-state index in [-0.39, 0.29) is 17.1 Å². The number of hydrogen-bond donors (Lipinski definition) is 1. The molecule has 2 aromatic rings. The Morgan fingerprint density at radius 2 is 2.32 bits per heavy atom. The van der Waals surface area contributed by atoms with Crippen LogP contribution in [0.25, 0.3) is 11.3 Å². The highest BCUT2D eigenvalue weighted by atomic mass is 19.1. The van der Waals surface area contributed by atoms with E-state index >= 15 is 0 Å². The van der Waals surface area contributed by atoms with Crippen LogP contribution in [-0.4, -0.2) is 35.6 Å². The van der Waals surface area contributed by atoms with Crippen LogP contribution in [0.1, 0.15) is 31.1 Å². The molecule has 1 unspecified atom stereocenters. The van der Waals surface area contributed by atoms with Gasteiger partial charge in [-0.2, -0.15) is 0 Å². The van der Waals surface area contributed by atoms with Crippen molar-refractivity contribution in [3.63, 3.8) is 0 Å². The molecule has 0 bridgehead atoms. The molecule has 1 saturated heterocycles. The fourth-order valence-corrected chi connectivity index (χ4v) is 3.87. The second-order valence-corrected chi connectivity index (χ2v) is 7.26. The van der Waals surface area contributed by atoms with Gasteiger partial charge in [-0.3, -0.25) is 4.79 Å². The molecule has 2 aliphatic rings. The van der Waals surface area contributed by atoms with E-state index in [1.165, 1.54) is 12.1 Å². The van der Waals surface area contributed by atoms with E-state index < -0.39 is 0 Å². The number of halogens is 1. The summed E-state index contributed by atoms with van der Waals surface area (Å²) in [5.41, 5.74) is 1.87. The van der Waals surface area contributed by atoms with Gasteiger partial charge < -0.3 is 14.7 Å². The molecule has 1 aromatic carbocycles. The van der Waals surface area contributed by atoms with Gasteiger partial charge >= 0.3 is 0 Å². The van der Waals surface area contributed by atoms with Crippen LogP contribution in [0, 0.1) is 11.2 Å². The number of carbonyl (C=O) groups is 1. The second kappa shape index (κ2) is 6.26. The number of rotatable bonds is 2. The van der Waals surface area contributed by atoms with Gasteiger partial charge in [0.05, 0.1) is 12.0 Å². The zero-order chi connectivity index (χ0) is 17.4. The van der Waals surface area contributed by atoms with Crippen LogP contribution in [-0.2, 0) is 17.8 Å². The van der Waals surface area contributed by atoms with Crippen molar-refractivity contribution in [2.24, 2.45) is 5.41 Å². The maximum atomic E-state index is 13.6. The molecule has 1 N–H and O–H groups in total. The number of amides is 1. The number of fused-ring (bicyclic) bond motifs is 1. The smallest absolute Gasteiger partial charge is 0.230 e. The van der Waals surface area contributed by atoms with Crippen molar-refractivity contribution in [1.82, 2.24) is 15.4 Å². The summed E-state index contributed by atoms with van der Waals surface area (Å²) in [5, 5.41) is 7.47. The molecule has 132 valence electrons. The van der Waals surface area contributed by atoms with Gasteiger partial charge in [0.2, 0.25) is 5.91 Å². The summed E-state index contributed by atoms with van der Waals surface area (Å²) in [6.07, 6.45) is 2.57. The first-order valence-corrected chi connectivity index (χ1v) is 8.80. The summed E-state index contributed by atoms with van der Waals surface area (Å²) >= 11 is 0. The van der Waals surface area contributed by atoms with E-state index in [2.05, 4.69) is 10.5 Å². The molecule has 1 amide bonds. The molecule has 5 nitrogen and oxygen atoms in total. The minimum atomic E-state index is -0.355. The summed E-state index contributed by atoms with van der Waals surface area (Å²) < 4.78 is 19.0. The fourth-order valence-electron chi connectivity index (χ4n) is 3.87. The maximum absolute atomic E-state index is 13.6. The quantitative estimate of drug-likeness (QED) is 0.911. The van der Waals surface area contributed by atoms with Gasteiger partial charge in [-0.25, -0.2) is 4.39 Å². The van der Waals surface area contributed by atoms with E-state index in [1.54, 1.807) is 6.07 Å². The van der Waals surface area contributed by atoms with E-state index in [0.29, 0.717) is 30.8 Å². The first-order valence-electron chi connectivity index (χ1n) is 8.80. The molecule has 2 aliphatic heterocycles. The predicted molar refractivity (Wildman–Crippen MR) is 91.2 cm³/mol. The highest BCUT2D eigenvalue weighted by Gasteiger charge is 2.39. The van der Waals surface area contributed by atoms with Gasteiger partial charge in [-0.1, -0.05) is 17.3 Å². The standard InChI is InChI=1S/C19H22FN3O2/c1-19(7-3-8-21-12-19)18(24)23-9-6-16-15(11-23)17(22-25-16)13-4-2-5-14(20)10-13/h2,4-5,10,21H,3,6-9,11-12H2,1H3. The average molecular weight is 343 g/mol. The highest BCUT2D eigenvalue weighted by Crippen LogP contribution is 2.34. The van der Waals surface area contributed by atoms with E-state index in [4.69, 9.17) is 4.52 Å². The lowest BCUT2D eigenvalue weighted by atomic mass is 9.81. The Labute approximate surface area is 146 Å². The van der Waals surface area contributed by atoms with Gasteiger partial charge in [0.15, 0.2) is 0 Å². The lowest BCUT2D eigenvalue weighted by molar-refractivity contribution is -0.143. The Hall–Kier alpha value is -2.21. The summed E-state index contributed by atoms with van der Waals surface area (Å²) in [6, 6.07) is 6.33. The third kappa shape index (κ3) is 2.95. The first-order chi connectivity index (χ1) is 12.1. The molecular formula is C19H22FN3O2. The molecule has 0 radical (unpaired) electrons. The number of aromatic nitrogens is 1. The number of hydrogen-bond acceptors (Lipinski definition) is 4. The Balaban J connectivity index is 1.60. The summed E-state index contributed by atoms with van der Waals surface area (Å²) in [4.78, 5) is 15.0. The zero-order valence-corrected chi connectivity index (χ0v) is 14.3. The SMILES string of the molecule is CC1(C(=O)N2CCc3onc(-c4cccc(F)c4)c3C2)CCCNC1. The molecule has 4 rings (SSSR count). The summed E-state index contributed by atoms with van der Waals surface area (Å²) in [6.45, 7) is 4.84. The largest absolute Gasteiger partial charge is 0.360 e. The molecule has 1 fully saturated rings. The maximum Gasteiger partial charge on any atom is 0.230 e. The fraction of sp³-hybridized carbons (Fsp3) is 0.474. The zero-order valence-electron chi connectivity index (χ0n) is 14.3. The number of nitrogens with one attached hydrogen (secondary N) is 1. The molecule has 3 heterocycles. The Morgan fingerprint density at radius 3 is 3.08 bits per heavy atom. The summed E-state index contributed by atoms with van der Waals surface area (Å²) in [5.74, 6) is 0.672. The molecule has 6 heteroatoms. The molecule has 1 atom stereocenters. The molecule has 0 spiro atoms. The third-order valence-corrected chi connectivity index (χ3v) is 5.33. The predicted octanol–water partition coefficient (Wildman–Crippen LogP) is 2.76. The van der Waals surface area contributed by atoms with Crippen LogP contribution in [0.2, 0.25) is 0 Å². The van der Waals surface area contributed by atoms with Gasteiger partial charge in [-0.15, -0.1) is 0 Å². The second-order valence-electron chi connectivity index (χ2n) is 7.26. The lowest BCUT2D eigenvalue weighted by Gasteiger charge is -2.38. The third-order valence-electron chi connectivity index (χ3n) is 5.33. The number of nitrogens with zero attached hydrogens (tertiary/aromatic N) is 2. The number of piperidine rings is 1. The molecule has 25 heavy (non-hydrogen) atoms. The van der Waals surface area contributed by atoms with Crippen molar-refractivity contribution in [3.8, 4) is 11.3 Å². The van der Waals surface area contributed by atoms with Crippen LogP contribution in [0.5, 0.6) is 0 Å². The molecule has 0 aliphatic carbocycles. The van der Waals surface area contributed by atoms with E-state index in [1.807, 2.05) is 17.9 Å². The van der Waals surface area contributed by atoms with Crippen molar-refractivity contribution in [3.05, 3.63) is 41.4 Å². The average Bonchev–Trinajstić information content (AvgIpc) is 3.05. The van der Waals surface area contributed by atoms with Gasteiger partial charge in [0, 0.05) is 30.6 Å². The van der Waals surface area contributed by atoms with Crippen LogP contribution in [0.3, 0.4) is 0 Å². The topological polar surface area (TPSA) is 58.4 Å². The van der Waals surface area contributed by atoms with Crippen molar-refractivity contribution < 1.29 is 13.7 Å². The monoisotopic (exact) mass is 343 g/mol. The minimum absolute atomic E-state index is 0.178. The highest BCUT2D eigenvalue weighted by molar-refractivity contribution is 5.83. The van der Waals surface area contributed by atoms with Crippen LogP contribution < -0.4 is 5.32 Å². The van der Waals surface area contributed by atoms with Crippen molar-refractivity contribution >= 4 is 5.91 Å². The molecule has 1 aromatic heterocycles. The van der Waals surface area contributed by atoms with Gasteiger partial charge in [0.1, 0.15) is 17.3 Å². The van der Waals surface area contributed by atoms with Crippen molar-refractivity contribution in [2.45, 2.75) is 32.7 Å². The summed E-state index contributed by atoms with van der Waals surface area (Å²) in [7, 11) is 0. The number of benzene rings is 1.